The lowest BCUT2D eigenvalue weighted by molar-refractivity contribution is -0.138. The second-order valence-electron chi connectivity index (χ2n) is 18.0. The lowest BCUT2D eigenvalue weighted by Gasteiger charge is -2.26. The SMILES string of the molecule is CC(=O)[C@@H](CC(=O)[C@H](CO)NC(=O)[C@@H](CC(=O)[C@H](CC(C)C)NC(=O)CN(CCCCCCCc1ccccc1)C(=O)CCOCCOCCCC(=O)[C@@H](N)CS)Cc1cnc[nH]1)[C@@H](C)OP(=O)(O)O. The number of aryl methyl sites for hydroxylation is 1. The third kappa shape index (κ3) is 26.3. The molecule has 0 saturated heterocycles. The molecule has 1 heterocycles. The number of aliphatic hydroxyl groups is 1. The number of imidazole rings is 1. The molecule has 0 fully saturated rings. The highest BCUT2D eigenvalue weighted by Gasteiger charge is 2.35. The first-order valence-electron chi connectivity index (χ1n) is 24.1. The maximum atomic E-state index is 14.1. The van der Waals surface area contributed by atoms with Gasteiger partial charge in [-0.2, -0.15) is 12.6 Å². The number of nitrogens with zero attached hydrogens (tertiary/aromatic N) is 2. The summed E-state index contributed by atoms with van der Waals surface area (Å²) in [5, 5.41) is 15.4. The summed E-state index contributed by atoms with van der Waals surface area (Å²) in [6.07, 6.45) is 6.79. The van der Waals surface area contributed by atoms with Crippen molar-refractivity contribution in [1.82, 2.24) is 25.5 Å². The number of thiol groups is 1. The van der Waals surface area contributed by atoms with Crippen molar-refractivity contribution in [3.63, 3.8) is 0 Å². The van der Waals surface area contributed by atoms with Crippen molar-refractivity contribution < 1.29 is 67.0 Å². The van der Waals surface area contributed by atoms with E-state index in [1.165, 1.54) is 29.9 Å². The van der Waals surface area contributed by atoms with Crippen molar-refractivity contribution in [3.05, 3.63) is 54.1 Å². The summed E-state index contributed by atoms with van der Waals surface area (Å²) in [5.74, 6) is -5.93. The Labute approximate surface area is 417 Å². The number of hydrogen-bond acceptors (Lipinski definition) is 15. The number of H-pyrrole nitrogens is 1. The molecule has 1 aromatic carbocycles. The number of aliphatic hydroxyl groups excluding tert-OH is 1. The number of ether oxygens (including phenoxy) is 2. The van der Waals surface area contributed by atoms with E-state index in [9.17, 15) is 53.0 Å². The molecule has 0 aliphatic rings. The Morgan fingerprint density at radius 3 is 2.11 bits per heavy atom. The average Bonchev–Trinajstić information content (AvgIpc) is 3.82. The number of ketones is 4. The predicted molar refractivity (Wildman–Crippen MR) is 264 cm³/mol. The maximum absolute atomic E-state index is 14.1. The number of unbranched alkanes of at least 4 members (excludes halogenated alkanes) is 4. The van der Waals surface area contributed by atoms with Crippen LogP contribution in [-0.2, 0) is 65.0 Å². The fourth-order valence-electron chi connectivity index (χ4n) is 7.64. The standard InChI is InChI=1S/C48H77N6O14PS/c1-33(2)24-41(44(58)26-37(25-38-28-50-32-51-38)48(62)53-42(30-55)45(59)27-39(34(3)56)35(4)68-69(63,64)65)52-46(60)29-54(19-12-7-5-6-9-14-36-15-10-8-11-16-36)47(61)18-21-67-23-22-66-20-13-17-43(57)40(49)31-70/h8,10-11,15-16,28,32-33,35,37,39-42,55,70H,5-7,9,12-14,17-27,29-31,49H2,1-4H3,(H,50,51)(H,52,60)(H,53,62)(H2,63,64,65)/t35-,37-,39-,40+,41+,42+/m1/s1. The molecule has 6 atom stereocenters. The second kappa shape index (κ2) is 34.2. The normalized spacial score (nSPS) is 14.3. The molecule has 20 nitrogen and oxygen atoms in total. The van der Waals surface area contributed by atoms with Gasteiger partial charge in [-0.3, -0.25) is 38.1 Å². The number of rotatable bonds is 40. The van der Waals surface area contributed by atoms with E-state index in [0.717, 1.165) is 39.0 Å². The van der Waals surface area contributed by atoms with Gasteiger partial charge in [0.15, 0.2) is 11.6 Å². The van der Waals surface area contributed by atoms with Gasteiger partial charge in [0.2, 0.25) is 17.7 Å². The minimum Gasteiger partial charge on any atom is -0.394 e. The van der Waals surface area contributed by atoms with Crippen LogP contribution >= 0.6 is 20.5 Å². The topological polar surface area (TPSA) is 307 Å². The molecule has 0 saturated carbocycles. The molecule has 70 heavy (non-hydrogen) atoms. The van der Waals surface area contributed by atoms with Gasteiger partial charge in [0, 0.05) is 56.5 Å². The summed E-state index contributed by atoms with van der Waals surface area (Å²) in [6.45, 7) is 6.03. The van der Waals surface area contributed by atoms with Gasteiger partial charge in [0.05, 0.1) is 75.7 Å². The number of aromatic nitrogens is 2. The van der Waals surface area contributed by atoms with E-state index >= 15 is 0 Å². The Kier molecular flexibility index (Phi) is 30.3. The van der Waals surface area contributed by atoms with Crippen LogP contribution in [0.1, 0.15) is 110 Å². The van der Waals surface area contributed by atoms with Crippen LogP contribution in [0.3, 0.4) is 0 Å². The van der Waals surface area contributed by atoms with E-state index in [1.54, 1.807) is 0 Å². The van der Waals surface area contributed by atoms with E-state index in [-0.39, 0.29) is 75.4 Å². The molecule has 0 radical (unpaired) electrons. The summed E-state index contributed by atoms with van der Waals surface area (Å²) in [7, 11) is -5.02. The van der Waals surface area contributed by atoms with Crippen LogP contribution < -0.4 is 16.4 Å². The summed E-state index contributed by atoms with van der Waals surface area (Å²) >= 11 is 4.04. The van der Waals surface area contributed by atoms with Gasteiger partial charge in [-0.1, -0.05) is 63.4 Å². The molecular formula is C48H77N6O14PS. The maximum Gasteiger partial charge on any atom is 0.469 e. The third-order valence-electron chi connectivity index (χ3n) is 11.5. The van der Waals surface area contributed by atoms with Crippen LogP contribution in [-0.4, -0.2) is 147 Å². The van der Waals surface area contributed by atoms with E-state index in [0.29, 0.717) is 31.7 Å². The fourth-order valence-corrected chi connectivity index (χ4v) is 8.42. The second-order valence-corrected chi connectivity index (χ2v) is 19.5. The van der Waals surface area contributed by atoms with Crippen LogP contribution in [0.4, 0.5) is 0 Å². The van der Waals surface area contributed by atoms with E-state index in [1.807, 2.05) is 32.0 Å². The molecule has 0 spiro atoms. The molecule has 8 N–H and O–H groups in total. The van der Waals surface area contributed by atoms with E-state index in [2.05, 4.69) is 49.9 Å². The van der Waals surface area contributed by atoms with Gasteiger partial charge in [0.25, 0.3) is 0 Å². The minimum atomic E-state index is -5.02. The van der Waals surface area contributed by atoms with E-state index < -0.39 is 92.5 Å². The highest BCUT2D eigenvalue weighted by molar-refractivity contribution is 7.80. The number of aromatic amines is 1. The lowest BCUT2D eigenvalue weighted by Crippen LogP contribution is -2.50. The Morgan fingerprint density at radius 1 is 0.843 bits per heavy atom. The predicted octanol–water partition coefficient (Wildman–Crippen LogP) is 3.25. The number of phosphoric ester groups is 1. The first-order valence-corrected chi connectivity index (χ1v) is 26.2. The Bertz CT molecular complexity index is 1940. The average molecular weight is 1030 g/mol. The Morgan fingerprint density at radius 2 is 1.50 bits per heavy atom. The Hall–Kier alpha value is -4.18. The number of nitrogens with one attached hydrogen (secondary N) is 3. The number of carbonyl (C=O) groups is 7. The quantitative estimate of drug-likeness (QED) is 0.0270. The Balaban J connectivity index is 2.13. The lowest BCUT2D eigenvalue weighted by atomic mass is 9.89. The van der Waals surface area contributed by atoms with Crippen LogP contribution in [0.25, 0.3) is 0 Å². The highest BCUT2D eigenvalue weighted by atomic mass is 32.1. The molecule has 394 valence electrons. The summed E-state index contributed by atoms with van der Waals surface area (Å²) < 4.78 is 27.2. The molecule has 22 heteroatoms. The minimum absolute atomic E-state index is 0.00777. The number of amides is 3. The van der Waals surface area contributed by atoms with Crippen molar-refractivity contribution in [3.8, 4) is 0 Å². The summed E-state index contributed by atoms with van der Waals surface area (Å²) in [6, 6.07) is 7.02. The van der Waals surface area contributed by atoms with Gasteiger partial charge in [-0.05, 0) is 57.4 Å². The molecule has 1 aromatic heterocycles. The molecule has 0 bridgehead atoms. The van der Waals surface area contributed by atoms with Crippen molar-refractivity contribution >= 4 is 61.3 Å². The largest absolute Gasteiger partial charge is 0.469 e. The van der Waals surface area contributed by atoms with Gasteiger partial charge in [-0.25, -0.2) is 9.55 Å². The number of Topliss-reactive ketones (excluding diaryl/α,β-unsaturated/α-hetero) is 4. The zero-order valence-electron chi connectivity index (χ0n) is 41.1. The van der Waals surface area contributed by atoms with Gasteiger partial charge >= 0.3 is 7.82 Å². The van der Waals surface area contributed by atoms with Gasteiger partial charge < -0.3 is 50.6 Å². The van der Waals surface area contributed by atoms with Gasteiger partial charge in [0.1, 0.15) is 17.6 Å². The van der Waals surface area contributed by atoms with Crippen molar-refractivity contribution in [2.24, 2.45) is 23.5 Å². The molecule has 3 amide bonds. The number of hydrogen-bond donors (Lipinski definition) is 8. The monoisotopic (exact) mass is 1020 g/mol. The van der Waals surface area contributed by atoms with Crippen molar-refractivity contribution in [1.29, 1.82) is 0 Å². The van der Waals surface area contributed by atoms with Crippen LogP contribution in [0.2, 0.25) is 0 Å². The first kappa shape index (κ1) is 61.9. The number of phosphoric acid groups is 1. The van der Waals surface area contributed by atoms with Crippen LogP contribution in [0.15, 0.2) is 42.9 Å². The third-order valence-corrected chi connectivity index (χ3v) is 12.6. The zero-order valence-corrected chi connectivity index (χ0v) is 42.9. The zero-order chi connectivity index (χ0) is 52.1. The number of nitrogens with two attached hydrogens (primary N) is 1. The van der Waals surface area contributed by atoms with E-state index in [4.69, 9.17) is 15.2 Å². The number of carbonyl (C=O) groups excluding carboxylic acids is 7. The molecule has 0 aliphatic carbocycles. The molecule has 2 rings (SSSR count). The van der Waals surface area contributed by atoms with Crippen molar-refractivity contribution in [2.45, 2.75) is 135 Å². The molecule has 2 aromatic rings. The molecular weight excluding hydrogens is 948 g/mol. The first-order chi connectivity index (χ1) is 33.2. The van der Waals surface area contributed by atoms with Crippen LogP contribution in [0, 0.1) is 17.8 Å². The van der Waals surface area contributed by atoms with Crippen LogP contribution in [0.5, 0.6) is 0 Å². The molecule has 0 unspecified atom stereocenters. The molecule has 0 aliphatic heterocycles. The highest BCUT2D eigenvalue weighted by Crippen LogP contribution is 2.39. The summed E-state index contributed by atoms with van der Waals surface area (Å²) in [5.41, 5.74) is 7.45. The van der Waals surface area contributed by atoms with Crippen molar-refractivity contribution in [2.75, 3.05) is 51.9 Å². The fraction of sp³-hybridized carbons (Fsp3) is 0.667. The number of benzene rings is 1. The smallest absolute Gasteiger partial charge is 0.394 e. The van der Waals surface area contributed by atoms with Gasteiger partial charge in [-0.15, -0.1) is 0 Å². The summed E-state index contributed by atoms with van der Waals surface area (Å²) in [4.78, 5) is 120.